The number of anilines is 9. The fourth-order valence-corrected chi connectivity index (χ4v) is 10.3. The van der Waals surface area contributed by atoms with Gasteiger partial charge in [-0.05, 0) is 126 Å². The molecule has 0 spiro atoms. The fourth-order valence-electron chi connectivity index (χ4n) is 10.3. The first-order chi connectivity index (χ1) is 34.7. The Hall–Kier alpha value is -8.64. The Morgan fingerprint density at radius 2 is 0.611 bits per heavy atom. The third kappa shape index (κ3) is 9.14. The van der Waals surface area contributed by atoms with Crippen molar-refractivity contribution < 1.29 is 0 Å². The second-order valence-corrected chi connectivity index (χ2v) is 19.9. The minimum absolute atomic E-state index is 0.124. The van der Waals surface area contributed by atoms with Gasteiger partial charge in [0.25, 0.3) is 0 Å². The molecule has 360 valence electrons. The standard InChI is InChI=1S/C60H60N12/c1-58(2)46-16-10-13-19-49(46)70(7)52(58)34-37-61-40-22-28-43(29-23-40)64-55-67-56(65-44-30-24-41(25-31-44)62-38-35-53-59(3,4)47-17-11-14-20-50(47)71(53)8)69-57(68-55)66-45-32-26-42(27-33-45)63-39-36-54-60(5,6)48-18-12-15-21-51(48)72(54)9/h10-39H,1-9H3,(H3,64,65,66,67,68,69)/b52-34-,53-35-,54-36-,61-37?,62-38?,63-39?. The first kappa shape index (κ1) is 47.1. The van der Waals surface area contributed by atoms with Gasteiger partial charge in [-0.25, -0.2) is 0 Å². The van der Waals surface area contributed by atoms with Gasteiger partial charge in [0.1, 0.15) is 0 Å². The van der Waals surface area contributed by atoms with E-state index >= 15 is 0 Å². The Balaban J connectivity index is 0.854. The third-order valence-corrected chi connectivity index (χ3v) is 14.2. The van der Waals surface area contributed by atoms with Gasteiger partial charge < -0.3 is 30.7 Å². The predicted molar refractivity (Wildman–Crippen MR) is 301 cm³/mol. The van der Waals surface area contributed by atoms with E-state index in [4.69, 9.17) is 29.9 Å². The van der Waals surface area contributed by atoms with E-state index in [1.54, 1.807) is 0 Å². The van der Waals surface area contributed by atoms with Crippen LogP contribution in [0, 0.1) is 0 Å². The number of para-hydroxylation sites is 3. The average Bonchev–Trinajstić information content (AvgIpc) is 3.79. The van der Waals surface area contributed by atoms with Gasteiger partial charge in [-0.1, -0.05) is 96.1 Å². The summed E-state index contributed by atoms with van der Waals surface area (Å²) in [4.78, 5) is 35.4. The van der Waals surface area contributed by atoms with Crippen LogP contribution in [-0.4, -0.2) is 54.7 Å². The quantitative estimate of drug-likeness (QED) is 0.103. The SMILES string of the molecule is CN1/C(=C\C=Nc2ccc(Nc3nc(Nc4ccc(N=C/C=C5\N(C)c6ccccc6C5(C)C)cc4)nc(Nc4ccc(N=C/C=C5\N(C)c6ccccc6C5(C)C)cc4)n3)cc2)C(C)(C)c2ccccc21. The minimum atomic E-state index is -0.124. The Morgan fingerprint density at radius 3 is 0.861 bits per heavy atom. The van der Waals surface area contributed by atoms with E-state index in [1.807, 2.05) is 91.4 Å². The first-order valence-corrected chi connectivity index (χ1v) is 24.3. The van der Waals surface area contributed by atoms with Crippen molar-refractivity contribution in [3.63, 3.8) is 0 Å². The van der Waals surface area contributed by atoms with Crippen molar-refractivity contribution in [2.75, 3.05) is 51.8 Å². The lowest BCUT2D eigenvalue weighted by Crippen LogP contribution is -2.23. The van der Waals surface area contributed by atoms with Crippen LogP contribution in [0.15, 0.2) is 196 Å². The van der Waals surface area contributed by atoms with Crippen molar-refractivity contribution in [1.82, 2.24) is 15.0 Å². The van der Waals surface area contributed by atoms with Gasteiger partial charge in [-0.2, -0.15) is 15.0 Å². The second kappa shape index (κ2) is 18.9. The summed E-state index contributed by atoms with van der Waals surface area (Å²) in [6, 6.07) is 49.2. The highest BCUT2D eigenvalue weighted by atomic mass is 15.3. The molecule has 4 heterocycles. The largest absolute Gasteiger partial charge is 0.347 e. The van der Waals surface area contributed by atoms with Crippen molar-refractivity contribution in [2.45, 2.75) is 57.8 Å². The smallest absolute Gasteiger partial charge is 0.233 e. The highest BCUT2D eigenvalue weighted by molar-refractivity contribution is 5.83. The van der Waals surface area contributed by atoms with Crippen molar-refractivity contribution >= 4 is 87.7 Å². The molecular weight excluding hydrogens is 889 g/mol. The van der Waals surface area contributed by atoms with Gasteiger partial charge in [0.05, 0.1) is 17.1 Å². The van der Waals surface area contributed by atoms with Crippen molar-refractivity contribution in [3.8, 4) is 0 Å². The fraction of sp³-hybridized carbons (Fsp3) is 0.200. The summed E-state index contributed by atoms with van der Waals surface area (Å²) < 4.78 is 0. The molecule has 0 fully saturated rings. The van der Waals surface area contributed by atoms with Gasteiger partial charge in [0.15, 0.2) is 0 Å². The van der Waals surface area contributed by atoms with Crippen LogP contribution in [0.5, 0.6) is 0 Å². The molecule has 3 aliphatic heterocycles. The zero-order valence-corrected chi connectivity index (χ0v) is 42.3. The van der Waals surface area contributed by atoms with Crippen LogP contribution in [0.3, 0.4) is 0 Å². The number of likely N-dealkylation sites (N-methyl/N-ethyl adjacent to an activating group) is 3. The molecule has 0 bridgehead atoms. The van der Waals surface area contributed by atoms with Crippen molar-refractivity contribution in [3.05, 3.63) is 198 Å². The summed E-state index contributed by atoms with van der Waals surface area (Å²) in [5, 5.41) is 10.1. The lowest BCUT2D eigenvalue weighted by atomic mass is 9.84. The maximum atomic E-state index is 4.79. The molecular formula is C60H60N12. The van der Waals surface area contributed by atoms with Gasteiger partial charge in [-0.3, -0.25) is 15.0 Å². The van der Waals surface area contributed by atoms with Crippen LogP contribution in [0.2, 0.25) is 0 Å². The van der Waals surface area contributed by atoms with E-state index < -0.39 is 0 Å². The lowest BCUT2D eigenvalue weighted by molar-refractivity contribution is 0.641. The van der Waals surface area contributed by atoms with Gasteiger partial charge in [0, 0.05) is 107 Å². The number of allylic oxidation sites excluding steroid dienone is 6. The Bertz CT molecular complexity index is 2970. The lowest BCUT2D eigenvalue weighted by Gasteiger charge is -2.23. The molecule has 0 unspecified atom stereocenters. The highest BCUT2D eigenvalue weighted by Gasteiger charge is 2.40. The van der Waals surface area contributed by atoms with E-state index in [1.165, 1.54) is 50.8 Å². The number of nitrogens with zero attached hydrogens (tertiary/aromatic N) is 9. The first-order valence-electron chi connectivity index (χ1n) is 24.3. The molecule has 1 aromatic heterocycles. The topological polar surface area (TPSA) is 122 Å². The molecule has 0 amide bonds. The third-order valence-electron chi connectivity index (χ3n) is 14.2. The highest BCUT2D eigenvalue weighted by Crippen LogP contribution is 2.48. The molecule has 6 aromatic carbocycles. The molecule has 72 heavy (non-hydrogen) atoms. The van der Waals surface area contributed by atoms with Gasteiger partial charge >= 0.3 is 0 Å². The molecule has 3 aliphatic rings. The maximum Gasteiger partial charge on any atom is 0.233 e. The molecule has 0 radical (unpaired) electrons. The van der Waals surface area contributed by atoms with Crippen LogP contribution in [0.4, 0.5) is 69.0 Å². The molecule has 0 atom stereocenters. The molecule has 0 saturated carbocycles. The molecule has 10 rings (SSSR count). The van der Waals surface area contributed by atoms with Gasteiger partial charge in [-0.15, -0.1) is 0 Å². The van der Waals surface area contributed by atoms with Gasteiger partial charge in [0.2, 0.25) is 17.8 Å². The summed E-state index contributed by atoms with van der Waals surface area (Å²) in [5.41, 5.74) is 15.6. The number of rotatable bonds is 12. The molecule has 7 aromatic rings. The summed E-state index contributed by atoms with van der Waals surface area (Å²) >= 11 is 0. The minimum Gasteiger partial charge on any atom is -0.347 e. The average molecular weight is 949 g/mol. The van der Waals surface area contributed by atoms with Crippen molar-refractivity contribution in [2.24, 2.45) is 15.0 Å². The predicted octanol–water partition coefficient (Wildman–Crippen LogP) is 14.1. The van der Waals surface area contributed by atoms with Crippen LogP contribution < -0.4 is 30.7 Å². The van der Waals surface area contributed by atoms with Crippen LogP contribution in [0.25, 0.3) is 0 Å². The number of aromatic nitrogens is 3. The number of benzene rings is 6. The summed E-state index contributed by atoms with van der Waals surface area (Å²) in [6.45, 7) is 13.5. The monoisotopic (exact) mass is 949 g/mol. The van der Waals surface area contributed by atoms with Crippen LogP contribution in [0.1, 0.15) is 58.2 Å². The summed E-state index contributed by atoms with van der Waals surface area (Å²) in [5.74, 6) is 1.07. The zero-order valence-electron chi connectivity index (χ0n) is 42.3. The molecule has 12 nitrogen and oxygen atoms in total. The number of aliphatic imine (C=N–C) groups is 3. The molecule has 12 heteroatoms. The van der Waals surface area contributed by atoms with Crippen LogP contribution in [-0.2, 0) is 16.2 Å². The normalized spacial score (nSPS) is 18.0. The molecule has 3 N–H and O–H groups in total. The van der Waals surface area contributed by atoms with E-state index in [9.17, 15) is 0 Å². The molecule has 0 saturated heterocycles. The van der Waals surface area contributed by atoms with Crippen molar-refractivity contribution in [1.29, 1.82) is 0 Å². The summed E-state index contributed by atoms with van der Waals surface area (Å²) in [6.07, 6.45) is 11.9. The number of nitrogens with one attached hydrogen (secondary N) is 3. The summed E-state index contributed by atoms with van der Waals surface area (Å²) in [7, 11) is 6.33. The Kier molecular flexibility index (Phi) is 12.4. The van der Waals surface area contributed by atoms with E-state index in [0.29, 0.717) is 17.8 Å². The molecule has 0 aliphatic carbocycles. The second-order valence-electron chi connectivity index (χ2n) is 19.9. The van der Waals surface area contributed by atoms with E-state index in [0.717, 1.165) is 34.1 Å². The zero-order chi connectivity index (χ0) is 50.2. The van der Waals surface area contributed by atoms with Crippen LogP contribution >= 0.6 is 0 Å². The van der Waals surface area contributed by atoms with E-state index in [-0.39, 0.29) is 16.2 Å². The number of fused-ring (bicyclic) bond motifs is 3. The number of hydrogen-bond acceptors (Lipinski definition) is 12. The maximum absolute atomic E-state index is 4.79. The Labute approximate surface area is 423 Å². The van der Waals surface area contributed by atoms with E-state index in [2.05, 4.69) is 184 Å². The Morgan fingerprint density at radius 1 is 0.361 bits per heavy atom. The number of hydrogen-bond donors (Lipinski definition) is 3.